The van der Waals surface area contributed by atoms with E-state index in [0.29, 0.717) is 0 Å². The zero-order valence-corrected chi connectivity index (χ0v) is 22.6. The summed E-state index contributed by atoms with van der Waals surface area (Å²) < 4.78 is 118. The molecule has 0 saturated carbocycles. The van der Waals surface area contributed by atoms with Gasteiger partial charge in [-0.25, -0.2) is 17.6 Å². The Hall–Kier alpha value is -7.65. The Kier molecular flexibility index (Phi) is 7.52. The summed E-state index contributed by atoms with van der Waals surface area (Å²) in [7, 11) is 0. The summed E-state index contributed by atoms with van der Waals surface area (Å²) in [5.41, 5.74) is -15.3. The summed E-state index contributed by atoms with van der Waals surface area (Å²) in [6.07, 6.45) is 0. The number of nitriles is 7. The molecular weight excluding hydrogens is 650 g/mol. The first kappa shape index (κ1) is 31.8. The molecule has 3 aromatic rings. The maximum atomic E-state index is 15.1. The summed E-state index contributed by atoms with van der Waals surface area (Å²) in [6, 6.07) is 10.7. The third-order valence-electron chi connectivity index (χ3n) is 7.14. The Morgan fingerprint density at radius 1 is 0.458 bits per heavy atom. The molecule has 0 bridgehead atoms. The van der Waals surface area contributed by atoms with Gasteiger partial charge in [-0.1, -0.05) is 0 Å². The highest BCUT2D eigenvalue weighted by molar-refractivity contribution is 6.31. The molecule has 0 fully saturated rings. The number of rotatable bonds is 2. The monoisotopic (exact) mass is 651 g/mol. The number of halogens is 8. The number of hydrogen-bond acceptors (Lipinski definition) is 9. The molecule has 0 saturated heterocycles. The van der Waals surface area contributed by atoms with Gasteiger partial charge in [-0.15, -0.1) is 0 Å². The van der Waals surface area contributed by atoms with E-state index in [0.717, 1.165) is 6.07 Å². The van der Waals surface area contributed by atoms with Crippen LogP contribution in [0.4, 0.5) is 35.1 Å². The van der Waals surface area contributed by atoms with Crippen molar-refractivity contribution in [3.05, 3.63) is 103 Å². The third kappa shape index (κ3) is 4.09. The normalized spacial score (nSPS) is 12.6. The van der Waals surface area contributed by atoms with E-state index in [1.165, 1.54) is 36.4 Å². The smallest absolute Gasteiger partial charge is 0.201 e. The van der Waals surface area contributed by atoms with Crippen LogP contribution in [-0.4, -0.2) is 9.97 Å². The molecule has 0 unspecified atom stereocenters. The van der Waals surface area contributed by atoms with E-state index in [4.69, 9.17) is 0 Å². The van der Waals surface area contributed by atoms with E-state index in [1.54, 1.807) is 6.07 Å². The van der Waals surface area contributed by atoms with Gasteiger partial charge in [0, 0.05) is 33.4 Å². The van der Waals surface area contributed by atoms with Gasteiger partial charge in [0.05, 0.1) is 27.8 Å². The average Bonchev–Trinajstić information content (AvgIpc) is 3.56. The highest BCUT2D eigenvalue weighted by Crippen LogP contribution is 2.57. The minimum Gasteiger partial charge on any atom is -0.201 e. The summed E-state index contributed by atoms with van der Waals surface area (Å²) >= 11 is 0. The Balaban J connectivity index is 2.12. The Bertz CT molecular complexity index is 2310. The maximum Gasteiger partial charge on any atom is 0.252 e. The standard InChI is InChI=1S/C31HF8N9/c32-24-22(25(33)29(37)47-28(24)36)20-14(7-45)18-11(16(20)9(2-40)3-41)1-12-17(10(4-42)5-43)21(15(8-46)19(12)13(18)6-44)23-26(34)30(38)48-31(39)27(23)35/h1H. The van der Waals surface area contributed by atoms with Gasteiger partial charge in [-0.3, -0.25) is 0 Å². The Morgan fingerprint density at radius 3 is 1.02 bits per heavy atom. The fourth-order valence-electron chi connectivity index (χ4n) is 5.41. The van der Waals surface area contributed by atoms with Gasteiger partial charge in [-0.05, 0) is 17.2 Å². The molecule has 0 amide bonds. The molecule has 48 heavy (non-hydrogen) atoms. The van der Waals surface area contributed by atoms with E-state index < -0.39 is 131 Å². The second-order valence-corrected chi connectivity index (χ2v) is 9.27. The molecule has 2 aromatic heterocycles. The summed E-state index contributed by atoms with van der Waals surface area (Å²) in [5, 5.41) is 69.6. The van der Waals surface area contributed by atoms with Crippen LogP contribution in [-0.2, 0) is 0 Å². The summed E-state index contributed by atoms with van der Waals surface area (Å²) in [5.74, 6) is -17.7. The van der Waals surface area contributed by atoms with Crippen LogP contribution in [0.2, 0.25) is 0 Å². The molecule has 17 heteroatoms. The maximum absolute atomic E-state index is 15.1. The SMILES string of the molecule is N#CC(C#N)=C1C(c2c(F)c(F)nc(F)c2F)=C(C#N)c2c1cc1c(c2C#N)C(C#N)=C(c2c(F)c(F)nc(F)c2F)C1=C(C#N)C#N. The van der Waals surface area contributed by atoms with E-state index >= 15 is 17.6 Å². The first-order valence-corrected chi connectivity index (χ1v) is 12.3. The molecule has 2 aliphatic carbocycles. The van der Waals surface area contributed by atoms with Crippen LogP contribution >= 0.6 is 0 Å². The van der Waals surface area contributed by atoms with Gasteiger partial charge in [0.25, 0.3) is 23.8 Å². The predicted octanol–water partition coefficient (Wildman–Crippen LogP) is 5.96. The third-order valence-corrected chi connectivity index (χ3v) is 7.14. The first-order valence-electron chi connectivity index (χ1n) is 12.3. The van der Waals surface area contributed by atoms with Gasteiger partial charge >= 0.3 is 0 Å². The molecule has 2 heterocycles. The van der Waals surface area contributed by atoms with Crippen molar-refractivity contribution in [1.29, 1.82) is 36.8 Å². The molecule has 5 rings (SSSR count). The van der Waals surface area contributed by atoms with E-state index in [1.807, 2.05) is 0 Å². The van der Waals surface area contributed by atoms with Crippen LogP contribution in [0.3, 0.4) is 0 Å². The van der Waals surface area contributed by atoms with Crippen molar-refractivity contribution in [2.75, 3.05) is 0 Å². The van der Waals surface area contributed by atoms with Crippen molar-refractivity contribution >= 4 is 33.4 Å². The summed E-state index contributed by atoms with van der Waals surface area (Å²) in [4.78, 5) is 4.83. The van der Waals surface area contributed by atoms with E-state index in [2.05, 4.69) is 9.97 Å². The fourth-order valence-corrected chi connectivity index (χ4v) is 5.41. The number of pyridine rings is 2. The summed E-state index contributed by atoms with van der Waals surface area (Å²) in [6.45, 7) is 0. The van der Waals surface area contributed by atoms with Gasteiger partial charge in [0.2, 0.25) is 0 Å². The second kappa shape index (κ2) is 11.4. The van der Waals surface area contributed by atoms with Crippen LogP contribution < -0.4 is 0 Å². The highest BCUT2D eigenvalue weighted by Gasteiger charge is 2.43. The van der Waals surface area contributed by atoms with Crippen LogP contribution in [0.25, 0.3) is 33.4 Å². The molecule has 0 spiro atoms. The van der Waals surface area contributed by atoms with Crippen molar-refractivity contribution in [3.8, 4) is 42.5 Å². The minimum atomic E-state index is -2.22. The van der Waals surface area contributed by atoms with Gasteiger partial charge in [-0.2, -0.15) is 64.4 Å². The number of nitrogens with zero attached hydrogens (tertiary/aromatic N) is 9. The lowest BCUT2D eigenvalue weighted by Crippen LogP contribution is -2.07. The Morgan fingerprint density at radius 2 is 0.771 bits per heavy atom. The topological polar surface area (TPSA) is 192 Å². The number of fused-ring (bicyclic) bond motifs is 2. The number of aromatic nitrogens is 2. The lowest BCUT2D eigenvalue weighted by molar-refractivity contribution is 0.404. The fraction of sp³-hybridized carbons (Fsp3) is 0. The molecule has 0 atom stereocenters. The van der Waals surface area contributed by atoms with Gasteiger partial charge in [0.1, 0.15) is 53.6 Å². The minimum absolute atomic E-state index is 0.661. The van der Waals surface area contributed by atoms with Crippen LogP contribution in [0.15, 0.2) is 17.2 Å². The number of allylic oxidation sites excluding steroid dienone is 8. The molecule has 226 valence electrons. The van der Waals surface area contributed by atoms with E-state index in [-0.39, 0.29) is 0 Å². The van der Waals surface area contributed by atoms with Gasteiger partial charge in [0.15, 0.2) is 23.3 Å². The van der Waals surface area contributed by atoms with Crippen molar-refractivity contribution < 1.29 is 35.1 Å². The first-order chi connectivity index (χ1) is 22.9. The largest absolute Gasteiger partial charge is 0.252 e. The van der Waals surface area contributed by atoms with E-state index in [9.17, 15) is 54.4 Å². The molecule has 2 aliphatic rings. The van der Waals surface area contributed by atoms with Crippen LogP contribution in [0, 0.1) is 126 Å². The molecular formula is C31HF8N9. The number of hydrogen-bond donors (Lipinski definition) is 0. The predicted molar refractivity (Wildman–Crippen MR) is 140 cm³/mol. The van der Waals surface area contributed by atoms with Crippen LogP contribution in [0.5, 0.6) is 0 Å². The van der Waals surface area contributed by atoms with Crippen molar-refractivity contribution in [3.63, 3.8) is 0 Å². The number of benzene rings is 1. The van der Waals surface area contributed by atoms with Crippen LogP contribution in [0.1, 0.15) is 38.9 Å². The zero-order valence-electron chi connectivity index (χ0n) is 22.6. The van der Waals surface area contributed by atoms with Crippen molar-refractivity contribution in [2.24, 2.45) is 0 Å². The average molecular weight is 651 g/mol. The molecule has 0 N–H and O–H groups in total. The van der Waals surface area contributed by atoms with Crippen molar-refractivity contribution in [1.82, 2.24) is 9.97 Å². The molecule has 9 nitrogen and oxygen atoms in total. The zero-order chi connectivity index (χ0) is 35.4. The highest BCUT2D eigenvalue weighted by atomic mass is 19.2. The van der Waals surface area contributed by atoms with Gasteiger partial charge < -0.3 is 0 Å². The molecule has 0 aliphatic heterocycles. The van der Waals surface area contributed by atoms with Crippen molar-refractivity contribution in [2.45, 2.75) is 0 Å². The lowest BCUT2D eigenvalue weighted by atomic mass is 9.87. The Labute approximate surface area is 261 Å². The lowest BCUT2D eigenvalue weighted by Gasteiger charge is -2.14. The molecule has 1 aromatic carbocycles. The molecule has 0 radical (unpaired) electrons. The quantitative estimate of drug-likeness (QED) is 0.183. The second-order valence-electron chi connectivity index (χ2n) is 9.27.